The normalized spacial score (nSPS) is 18.4. The van der Waals surface area contributed by atoms with Gasteiger partial charge in [0.1, 0.15) is 0 Å². The lowest BCUT2D eigenvalue weighted by Crippen LogP contribution is -2.48. The summed E-state index contributed by atoms with van der Waals surface area (Å²) in [5, 5.41) is 11.9. The lowest BCUT2D eigenvalue weighted by molar-refractivity contribution is -0.137. The van der Waals surface area contributed by atoms with Crippen molar-refractivity contribution < 1.29 is 19.4 Å². The molecule has 6 heteroatoms. The van der Waals surface area contributed by atoms with E-state index in [-0.39, 0.29) is 24.5 Å². The first-order chi connectivity index (χ1) is 11.1. The number of nitrogens with one attached hydrogen (secondary N) is 1. The van der Waals surface area contributed by atoms with Crippen molar-refractivity contribution >= 4 is 12.0 Å². The first-order valence-electron chi connectivity index (χ1n) is 7.93. The van der Waals surface area contributed by atoms with Gasteiger partial charge in [0, 0.05) is 26.1 Å². The van der Waals surface area contributed by atoms with Gasteiger partial charge in [0.15, 0.2) is 0 Å². The van der Waals surface area contributed by atoms with E-state index in [0.29, 0.717) is 26.1 Å². The number of nitrogens with zero attached hydrogens (tertiary/aromatic N) is 1. The van der Waals surface area contributed by atoms with Gasteiger partial charge >= 0.3 is 12.0 Å². The molecule has 1 aromatic carbocycles. The number of carboxylic acid groups (broad SMARTS) is 1. The van der Waals surface area contributed by atoms with Crippen molar-refractivity contribution in [2.24, 2.45) is 0 Å². The minimum Gasteiger partial charge on any atom is -0.481 e. The van der Waals surface area contributed by atoms with Crippen molar-refractivity contribution in [3.8, 4) is 0 Å². The second-order valence-corrected chi connectivity index (χ2v) is 5.90. The van der Waals surface area contributed by atoms with Crippen molar-refractivity contribution in [3.63, 3.8) is 0 Å². The Hall–Kier alpha value is -2.08. The van der Waals surface area contributed by atoms with E-state index in [1.54, 1.807) is 11.9 Å². The number of carbonyl (C=O) groups excluding carboxylic acids is 1. The van der Waals surface area contributed by atoms with Gasteiger partial charge in [0.2, 0.25) is 0 Å². The number of hydrogen-bond acceptors (Lipinski definition) is 3. The molecule has 2 unspecified atom stereocenters. The van der Waals surface area contributed by atoms with Crippen LogP contribution in [-0.4, -0.2) is 54.4 Å². The highest BCUT2D eigenvalue weighted by Crippen LogP contribution is 2.12. The zero-order chi connectivity index (χ0) is 16.7. The second kappa shape index (κ2) is 8.53. The monoisotopic (exact) mass is 320 g/mol. The van der Waals surface area contributed by atoms with E-state index in [1.807, 2.05) is 30.3 Å². The summed E-state index contributed by atoms with van der Waals surface area (Å²) in [6.45, 7) is 1.23. The quantitative estimate of drug-likeness (QED) is 0.804. The highest BCUT2D eigenvalue weighted by Gasteiger charge is 2.25. The van der Waals surface area contributed by atoms with Gasteiger partial charge in [0.25, 0.3) is 0 Å². The number of ether oxygens (including phenoxy) is 1. The Morgan fingerprint density at radius 3 is 2.74 bits per heavy atom. The minimum atomic E-state index is -0.852. The van der Waals surface area contributed by atoms with Crippen LogP contribution >= 0.6 is 0 Å². The maximum Gasteiger partial charge on any atom is 0.317 e. The van der Waals surface area contributed by atoms with Crippen LogP contribution < -0.4 is 5.32 Å². The van der Waals surface area contributed by atoms with E-state index >= 15 is 0 Å². The van der Waals surface area contributed by atoms with Crippen molar-refractivity contribution in [1.29, 1.82) is 0 Å². The molecule has 1 aromatic rings. The van der Waals surface area contributed by atoms with E-state index in [1.165, 1.54) is 0 Å². The molecule has 1 fully saturated rings. The summed E-state index contributed by atoms with van der Waals surface area (Å²) in [5.41, 5.74) is 1.08. The van der Waals surface area contributed by atoms with Gasteiger partial charge in [-0.1, -0.05) is 30.3 Å². The topological polar surface area (TPSA) is 78.9 Å². The fourth-order valence-corrected chi connectivity index (χ4v) is 2.69. The van der Waals surface area contributed by atoms with Crippen molar-refractivity contribution in [3.05, 3.63) is 35.9 Å². The van der Waals surface area contributed by atoms with Gasteiger partial charge in [-0.2, -0.15) is 0 Å². The number of carbonyl (C=O) groups is 2. The summed E-state index contributed by atoms with van der Waals surface area (Å²) in [7, 11) is 1.76. The number of carboxylic acids is 1. The average Bonchev–Trinajstić information content (AvgIpc) is 3.07. The SMILES string of the molecule is CN(C(=O)NC(CCC(=O)O)Cc1ccccc1)C1CCOC1. The number of rotatable bonds is 7. The van der Waals surface area contributed by atoms with Crippen molar-refractivity contribution in [2.75, 3.05) is 20.3 Å². The van der Waals surface area contributed by atoms with E-state index in [4.69, 9.17) is 9.84 Å². The Kier molecular flexibility index (Phi) is 6.40. The predicted molar refractivity (Wildman–Crippen MR) is 86.3 cm³/mol. The zero-order valence-electron chi connectivity index (χ0n) is 13.4. The smallest absolute Gasteiger partial charge is 0.317 e. The molecule has 6 nitrogen and oxygen atoms in total. The summed E-state index contributed by atoms with van der Waals surface area (Å²) < 4.78 is 5.31. The van der Waals surface area contributed by atoms with Gasteiger partial charge < -0.3 is 20.1 Å². The third kappa shape index (κ3) is 5.56. The number of urea groups is 1. The first-order valence-corrected chi connectivity index (χ1v) is 7.93. The number of likely N-dealkylation sites (N-methyl/N-ethyl adjacent to an activating group) is 1. The Morgan fingerprint density at radius 2 is 2.13 bits per heavy atom. The predicted octanol–water partition coefficient (Wildman–Crippen LogP) is 1.89. The summed E-state index contributed by atoms with van der Waals surface area (Å²) in [6.07, 6.45) is 1.90. The van der Waals surface area contributed by atoms with Gasteiger partial charge in [0.05, 0.1) is 12.6 Å². The summed E-state index contributed by atoms with van der Waals surface area (Å²) in [6, 6.07) is 9.48. The molecule has 2 amide bonds. The molecule has 2 N–H and O–H groups in total. The molecule has 0 saturated carbocycles. The maximum atomic E-state index is 12.4. The highest BCUT2D eigenvalue weighted by molar-refractivity contribution is 5.75. The fraction of sp³-hybridized carbons (Fsp3) is 0.529. The fourth-order valence-electron chi connectivity index (χ4n) is 2.69. The van der Waals surface area contributed by atoms with Crippen LogP contribution in [0.3, 0.4) is 0 Å². The molecule has 1 heterocycles. The molecule has 23 heavy (non-hydrogen) atoms. The lowest BCUT2D eigenvalue weighted by atomic mass is 10.0. The standard InChI is InChI=1S/C17H24N2O4/c1-19(15-9-10-23-12-15)17(22)18-14(7-8-16(20)21)11-13-5-3-2-4-6-13/h2-6,14-15H,7-12H2,1H3,(H,18,22)(H,20,21). The summed E-state index contributed by atoms with van der Waals surface area (Å²) in [4.78, 5) is 24.9. The van der Waals surface area contributed by atoms with Gasteiger partial charge in [-0.25, -0.2) is 4.79 Å². The van der Waals surface area contributed by atoms with Crippen molar-refractivity contribution in [1.82, 2.24) is 10.2 Å². The summed E-state index contributed by atoms with van der Waals surface area (Å²) >= 11 is 0. The van der Waals surface area contributed by atoms with Crippen LogP contribution in [0.5, 0.6) is 0 Å². The molecule has 0 spiro atoms. The van der Waals surface area contributed by atoms with Crippen molar-refractivity contribution in [2.45, 2.75) is 37.8 Å². The number of hydrogen-bond donors (Lipinski definition) is 2. The molecular weight excluding hydrogens is 296 g/mol. The molecule has 1 aliphatic rings. The second-order valence-electron chi connectivity index (χ2n) is 5.90. The van der Waals surface area contributed by atoms with Crippen LogP contribution in [0, 0.1) is 0 Å². The molecule has 0 aromatic heterocycles. The molecule has 1 saturated heterocycles. The first kappa shape index (κ1) is 17.3. The van der Waals surface area contributed by atoms with Crippen LogP contribution in [0.25, 0.3) is 0 Å². The van der Waals surface area contributed by atoms with E-state index in [0.717, 1.165) is 12.0 Å². The Bertz CT molecular complexity index is 515. The van der Waals surface area contributed by atoms with E-state index in [9.17, 15) is 9.59 Å². The summed E-state index contributed by atoms with van der Waals surface area (Å²) in [5.74, 6) is -0.852. The Labute approximate surface area is 136 Å². The van der Waals surface area contributed by atoms with Gasteiger partial charge in [-0.15, -0.1) is 0 Å². The van der Waals surface area contributed by atoms with Gasteiger partial charge in [-0.3, -0.25) is 4.79 Å². The third-order valence-electron chi connectivity index (χ3n) is 4.13. The molecule has 2 atom stereocenters. The van der Waals surface area contributed by atoms with Crippen LogP contribution in [0.2, 0.25) is 0 Å². The number of benzene rings is 1. The Balaban J connectivity index is 1.95. The zero-order valence-corrected chi connectivity index (χ0v) is 13.4. The number of amides is 2. The molecular formula is C17H24N2O4. The molecule has 0 radical (unpaired) electrons. The van der Waals surface area contributed by atoms with E-state index in [2.05, 4.69) is 5.32 Å². The van der Waals surface area contributed by atoms with Gasteiger partial charge in [-0.05, 0) is 24.8 Å². The van der Waals surface area contributed by atoms with Crippen LogP contribution in [-0.2, 0) is 16.0 Å². The van der Waals surface area contributed by atoms with Crippen LogP contribution in [0.1, 0.15) is 24.8 Å². The minimum absolute atomic E-state index is 0.0357. The van der Waals surface area contributed by atoms with Crippen LogP contribution in [0.4, 0.5) is 4.79 Å². The van der Waals surface area contributed by atoms with E-state index < -0.39 is 5.97 Å². The molecule has 1 aliphatic heterocycles. The lowest BCUT2D eigenvalue weighted by Gasteiger charge is -2.27. The number of aliphatic carboxylic acids is 1. The molecule has 0 aliphatic carbocycles. The molecule has 2 rings (SSSR count). The Morgan fingerprint density at radius 1 is 1.39 bits per heavy atom. The maximum absolute atomic E-state index is 12.4. The van der Waals surface area contributed by atoms with Crippen LogP contribution in [0.15, 0.2) is 30.3 Å². The highest BCUT2D eigenvalue weighted by atomic mass is 16.5. The third-order valence-corrected chi connectivity index (χ3v) is 4.13. The molecule has 126 valence electrons. The average molecular weight is 320 g/mol. The molecule has 0 bridgehead atoms. The largest absolute Gasteiger partial charge is 0.481 e.